The Balaban J connectivity index is 0. The third-order valence-electron chi connectivity index (χ3n) is 4.46. The Morgan fingerprint density at radius 1 is 0.591 bits per heavy atom. The molecule has 0 rings (SSSR count). The first-order chi connectivity index (χ1) is 10.4. The van der Waals surface area contributed by atoms with Gasteiger partial charge in [-0.15, -0.1) is 0 Å². The molecular weight excluding hydrogens is 280 g/mol. The van der Waals surface area contributed by atoms with Gasteiger partial charge in [-0.2, -0.15) is 0 Å². The van der Waals surface area contributed by atoms with Gasteiger partial charge in [0.05, 0.1) is 13.2 Å². The lowest BCUT2D eigenvalue weighted by Gasteiger charge is -2.27. The molecule has 4 N–H and O–H groups in total. The Hall–Kier alpha value is -0.160. The van der Waals surface area contributed by atoms with Crippen molar-refractivity contribution in [3.63, 3.8) is 0 Å². The SMILES string of the molecule is CCCCC(C)(CCO)CCO.CCCCC(C)(CO)CO. The van der Waals surface area contributed by atoms with Crippen molar-refractivity contribution in [2.45, 2.75) is 79.1 Å². The first-order valence-corrected chi connectivity index (χ1v) is 8.80. The summed E-state index contributed by atoms with van der Waals surface area (Å²) >= 11 is 0. The summed E-state index contributed by atoms with van der Waals surface area (Å²) in [5.41, 5.74) is -0.102. The normalized spacial score (nSPS) is 12.0. The van der Waals surface area contributed by atoms with Crippen LogP contribution >= 0.6 is 0 Å². The molecular formula is C18H40O4. The molecule has 4 nitrogen and oxygen atoms in total. The highest BCUT2D eigenvalue weighted by atomic mass is 16.3. The summed E-state index contributed by atoms with van der Waals surface area (Å²) < 4.78 is 0. The molecule has 0 fully saturated rings. The summed E-state index contributed by atoms with van der Waals surface area (Å²) in [5.74, 6) is 0. The molecule has 4 heteroatoms. The van der Waals surface area contributed by atoms with Gasteiger partial charge in [0.15, 0.2) is 0 Å². The Morgan fingerprint density at radius 3 is 1.23 bits per heavy atom. The van der Waals surface area contributed by atoms with Crippen LogP contribution in [0.4, 0.5) is 0 Å². The summed E-state index contributed by atoms with van der Waals surface area (Å²) in [4.78, 5) is 0. The molecule has 0 bridgehead atoms. The topological polar surface area (TPSA) is 80.9 Å². The van der Waals surface area contributed by atoms with Gasteiger partial charge in [-0.05, 0) is 31.1 Å². The smallest absolute Gasteiger partial charge is 0.0506 e. The van der Waals surface area contributed by atoms with Crippen LogP contribution in [0.2, 0.25) is 0 Å². The van der Waals surface area contributed by atoms with Gasteiger partial charge < -0.3 is 20.4 Å². The number of unbranched alkanes of at least 4 members (excludes halogenated alkanes) is 2. The highest BCUT2D eigenvalue weighted by Gasteiger charge is 2.22. The van der Waals surface area contributed by atoms with Crippen LogP contribution in [0.3, 0.4) is 0 Å². The van der Waals surface area contributed by atoms with Crippen molar-refractivity contribution in [3.8, 4) is 0 Å². The maximum atomic E-state index is 8.85. The first-order valence-electron chi connectivity index (χ1n) is 8.80. The average Bonchev–Trinajstić information content (AvgIpc) is 2.52. The third-order valence-corrected chi connectivity index (χ3v) is 4.46. The fourth-order valence-electron chi connectivity index (χ4n) is 2.33. The molecule has 0 saturated carbocycles. The zero-order chi connectivity index (χ0) is 17.5. The van der Waals surface area contributed by atoms with E-state index in [2.05, 4.69) is 20.8 Å². The van der Waals surface area contributed by atoms with Gasteiger partial charge in [-0.25, -0.2) is 0 Å². The van der Waals surface area contributed by atoms with Crippen LogP contribution in [-0.4, -0.2) is 46.9 Å². The molecule has 0 unspecified atom stereocenters. The molecule has 0 amide bonds. The van der Waals surface area contributed by atoms with Gasteiger partial charge in [0.25, 0.3) is 0 Å². The molecule has 136 valence electrons. The molecule has 0 saturated heterocycles. The highest BCUT2D eigenvalue weighted by Crippen LogP contribution is 2.31. The summed E-state index contributed by atoms with van der Waals surface area (Å²) in [5, 5.41) is 35.4. The lowest BCUT2D eigenvalue weighted by Crippen LogP contribution is -2.25. The van der Waals surface area contributed by atoms with Crippen molar-refractivity contribution in [1.29, 1.82) is 0 Å². The number of aliphatic hydroxyl groups excluding tert-OH is 4. The van der Waals surface area contributed by atoms with E-state index in [0.29, 0.717) is 0 Å². The number of hydrogen-bond acceptors (Lipinski definition) is 4. The maximum absolute atomic E-state index is 8.85. The van der Waals surface area contributed by atoms with Gasteiger partial charge in [0.2, 0.25) is 0 Å². The van der Waals surface area contributed by atoms with E-state index in [1.54, 1.807) is 0 Å². The standard InChI is InChI=1S/C10H22O2.C8H18O2/c1-3-4-5-10(2,6-8-11)7-9-12;1-3-4-5-8(2,6-9)7-10/h11-12H,3-9H2,1-2H3;9-10H,3-7H2,1-2H3. The fraction of sp³-hybridized carbons (Fsp3) is 1.00. The van der Waals surface area contributed by atoms with E-state index in [-0.39, 0.29) is 37.3 Å². The van der Waals surface area contributed by atoms with Crippen molar-refractivity contribution in [2.24, 2.45) is 10.8 Å². The van der Waals surface area contributed by atoms with Gasteiger partial charge in [0.1, 0.15) is 0 Å². The fourth-order valence-corrected chi connectivity index (χ4v) is 2.33. The average molecular weight is 321 g/mol. The molecule has 0 spiro atoms. The zero-order valence-corrected chi connectivity index (χ0v) is 15.3. The van der Waals surface area contributed by atoms with Crippen LogP contribution in [0.1, 0.15) is 79.1 Å². The van der Waals surface area contributed by atoms with Crippen LogP contribution in [0.15, 0.2) is 0 Å². The monoisotopic (exact) mass is 320 g/mol. The summed E-state index contributed by atoms with van der Waals surface area (Å²) in [6.45, 7) is 8.97. The molecule has 0 aliphatic rings. The molecule has 0 atom stereocenters. The second-order valence-corrected chi connectivity index (χ2v) is 7.09. The van der Waals surface area contributed by atoms with Crippen molar-refractivity contribution in [2.75, 3.05) is 26.4 Å². The zero-order valence-electron chi connectivity index (χ0n) is 15.3. The van der Waals surface area contributed by atoms with Crippen LogP contribution < -0.4 is 0 Å². The van der Waals surface area contributed by atoms with Gasteiger partial charge in [-0.3, -0.25) is 0 Å². The molecule has 0 aromatic carbocycles. The lowest BCUT2D eigenvalue weighted by atomic mass is 9.79. The van der Waals surface area contributed by atoms with Crippen LogP contribution in [-0.2, 0) is 0 Å². The van der Waals surface area contributed by atoms with Gasteiger partial charge >= 0.3 is 0 Å². The number of hydrogen-bond donors (Lipinski definition) is 4. The van der Waals surface area contributed by atoms with Crippen LogP contribution in [0.25, 0.3) is 0 Å². The van der Waals surface area contributed by atoms with E-state index in [1.807, 2.05) is 6.92 Å². The predicted octanol–water partition coefficient (Wildman–Crippen LogP) is 3.12. The van der Waals surface area contributed by atoms with Gasteiger partial charge in [0, 0.05) is 18.6 Å². The van der Waals surface area contributed by atoms with Crippen molar-refractivity contribution >= 4 is 0 Å². The molecule has 22 heavy (non-hydrogen) atoms. The van der Waals surface area contributed by atoms with Gasteiger partial charge in [-0.1, -0.05) is 53.4 Å². The van der Waals surface area contributed by atoms with Crippen molar-refractivity contribution < 1.29 is 20.4 Å². The van der Waals surface area contributed by atoms with E-state index in [4.69, 9.17) is 20.4 Å². The second-order valence-electron chi connectivity index (χ2n) is 7.09. The number of rotatable bonds is 12. The van der Waals surface area contributed by atoms with Crippen molar-refractivity contribution in [1.82, 2.24) is 0 Å². The quantitative estimate of drug-likeness (QED) is 0.445. The minimum atomic E-state index is -0.254. The van der Waals surface area contributed by atoms with E-state index in [0.717, 1.165) is 38.5 Å². The van der Waals surface area contributed by atoms with Crippen LogP contribution in [0, 0.1) is 10.8 Å². The minimum absolute atomic E-state index is 0.0868. The molecule has 0 heterocycles. The van der Waals surface area contributed by atoms with E-state index in [1.165, 1.54) is 12.8 Å². The molecule has 0 radical (unpaired) electrons. The molecule has 0 aromatic heterocycles. The Morgan fingerprint density at radius 2 is 0.955 bits per heavy atom. The predicted molar refractivity (Wildman–Crippen MR) is 92.8 cm³/mol. The minimum Gasteiger partial charge on any atom is -0.396 e. The molecule has 0 aromatic rings. The van der Waals surface area contributed by atoms with E-state index < -0.39 is 0 Å². The lowest BCUT2D eigenvalue weighted by molar-refractivity contribution is 0.0610. The Kier molecular flexibility index (Phi) is 15.8. The largest absolute Gasteiger partial charge is 0.396 e. The maximum Gasteiger partial charge on any atom is 0.0506 e. The summed E-state index contributed by atoms with van der Waals surface area (Å²) in [6, 6.07) is 0. The summed E-state index contributed by atoms with van der Waals surface area (Å²) in [7, 11) is 0. The molecule has 0 aliphatic carbocycles. The highest BCUT2D eigenvalue weighted by molar-refractivity contribution is 4.73. The van der Waals surface area contributed by atoms with Crippen LogP contribution in [0.5, 0.6) is 0 Å². The third kappa shape index (κ3) is 12.4. The van der Waals surface area contributed by atoms with E-state index >= 15 is 0 Å². The number of aliphatic hydroxyl groups is 4. The Labute approximate surface area is 137 Å². The van der Waals surface area contributed by atoms with Crippen molar-refractivity contribution in [3.05, 3.63) is 0 Å². The first kappa shape index (κ1) is 24.1. The molecule has 0 aliphatic heterocycles. The second kappa shape index (κ2) is 14.4. The Bertz CT molecular complexity index is 221. The summed E-state index contributed by atoms with van der Waals surface area (Å²) in [6.07, 6.45) is 8.23. The van der Waals surface area contributed by atoms with E-state index in [9.17, 15) is 0 Å².